The molecule has 0 saturated carbocycles. The maximum absolute atomic E-state index is 13.0. The summed E-state index contributed by atoms with van der Waals surface area (Å²) in [6.45, 7) is -3.44. The standard InChI is InChI=1S/C21H20F12N4O18/c1-5(2)15(35,50-11(44)18(25,26)27)8(41)52-21(47,48-6(39)3-37-53-12(45)19(28,29)30)16(36,9(42)54-55-13(46)20(31,32)33)51-7(40)14(34,4-38)49-10(43)17(22,23)24/h5,37-38,47H,3-4,34-36H2,1-2H3/t14-,15?,16-,21?/m1/s1. The molecule has 0 aliphatic heterocycles. The van der Waals surface area contributed by atoms with Crippen LogP contribution in [0.1, 0.15) is 13.8 Å². The van der Waals surface area contributed by atoms with E-state index in [2.05, 4.69) is 38.3 Å². The fraction of sp³-hybridized carbons (Fsp3) is 0.619. The molecule has 0 heterocycles. The zero-order chi connectivity index (χ0) is 44.0. The van der Waals surface area contributed by atoms with E-state index in [4.69, 9.17) is 17.2 Å². The smallest absolute Gasteiger partial charge is 0.426 e. The lowest BCUT2D eigenvalue weighted by atomic mass is 10.0. The van der Waals surface area contributed by atoms with E-state index in [9.17, 15) is 101 Å². The SMILES string of the molecule is CC(C)C(N)(OC(=O)C(F)(F)F)C(=O)OC(O)(OC(=O)CNOC(=O)C(F)(F)F)[C@](N)(OC(=O)[C@@](N)(CO)OC(=O)C(F)(F)F)C(=O)OOC(=O)C(F)(F)F. The molecule has 0 aliphatic rings. The molecule has 0 bridgehead atoms. The van der Waals surface area contributed by atoms with E-state index in [0.717, 1.165) is 5.48 Å². The van der Waals surface area contributed by atoms with Gasteiger partial charge in [-0.2, -0.15) is 52.7 Å². The Labute approximate surface area is 291 Å². The quantitative estimate of drug-likeness (QED) is 0.0258. The average Bonchev–Trinajstić information content (AvgIpc) is 3.00. The van der Waals surface area contributed by atoms with Crippen LogP contribution in [0.3, 0.4) is 0 Å². The van der Waals surface area contributed by atoms with Crippen molar-refractivity contribution < 1.29 is 140 Å². The number of carbonyl (C=O) groups is 8. The van der Waals surface area contributed by atoms with Gasteiger partial charge in [-0.3, -0.25) is 22.0 Å². The highest BCUT2D eigenvalue weighted by Gasteiger charge is 2.70. The van der Waals surface area contributed by atoms with Gasteiger partial charge in [0.1, 0.15) is 13.2 Å². The van der Waals surface area contributed by atoms with E-state index < -0.39 is 115 Å². The van der Waals surface area contributed by atoms with E-state index in [0.29, 0.717) is 13.8 Å². The molecule has 0 fully saturated rings. The van der Waals surface area contributed by atoms with Gasteiger partial charge in [-0.05, 0) is 0 Å². The summed E-state index contributed by atoms with van der Waals surface area (Å²) in [6, 6.07) is 0. The second-order valence-corrected chi connectivity index (χ2v) is 9.79. The number of hydrogen-bond acceptors (Lipinski definition) is 22. The van der Waals surface area contributed by atoms with Crippen LogP contribution in [-0.4, -0.2) is 119 Å². The molecule has 0 aromatic carbocycles. The van der Waals surface area contributed by atoms with Crippen molar-refractivity contribution in [3.8, 4) is 0 Å². The first-order chi connectivity index (χ1) is 24.3. The van der Waals surface area contributed by atoms with Gasteiger partial charge in [-0.1, -0.05) is 13.8 Å². The largest absolute Gasteiger partial charge is 0.495 e. The van der Waals surface area contributed by atoms with E-state index in [1.807, 2.05) is 0 Å². The lowest BCUT2D eigenvalue weighted by Crippen LogP contribution is -2.74. The number of hydroxylamine groups is 1. The number of ether oxygens (including phenoxy) is 5. The molecule has 0 spiro atoms. The number of aliphatic hydroxyl groups is 2. The van der Waals surface area contributed by atoms with E-state index in [1.54, 1.807) is 0 Å². The number of nitrogens with two attached hydrogens (primary N) is 3. The minimum atomic E-state index is -6.17. The molecule has 316 valence electrons. The molecule has 9 N–H and O–H groups in total. The summed E-state index contributed by atoms with van der Waals surface area (Å²) < 4.78 is 171. The Morgan fingerprint density at radius 3 is 1.38 bits per heavy atom. The molecule has 0 aliphatic carbocycles. The summed E-state index contributed by atoms with van der Waals surface area (Å²) in [5, 5.41) is 20.4. The topological polar surface area (TPSA) is 341 Å². The first-order valence-electron chi connectivity index (χ1n) is 12.8. The molecule has 0 aromatic heterocycles. The Morgan fingerprint density at radius 1 is 0.564 bits per heavy atom. The van der Waals surface area contributed by atoms with E-state index in [1.165, 1.54) is 0 Å². The van der Waals surface area contributed by atoms with Crippen LogP contribution in [0.25, 0.3) is 0 Å². The first-order valence-corrected chi connectivity index (χ1v) is 12.8. The van der Waals surface area contributed by atoms with Gasteiger partial charge in [0, 0.05) is 5.92 Å². The lowest BCUT2D eigenvalue weighted by Gasteiger charge is -2.40. The Bertz CT molecular complexity index is 1520. The highest BCUT2D eigenvalue weighted by molar-refractivity contribution is 5.90. The van der Waals surface area contributed by atoms with Crippen molar-refractivity contribution in [1.29, 1.82) is 0 Å². The normalized spacial score (nSPS) is 16.7. The molecule has 4 atom stereocenters. The van der Waals surface area contributed by atoms with Gasteiger partial charge in [-0.25, -0.2) is 43.3 Å². The second kappa shape index (κ2) is 17.0. The summed E-state index contributed by atoms with van der Waals surface area (Å²) in [5.41, 5.74) is 2.53. The van der Waals surface area contributed by atoms with Crippen molar-refractivity contribution in [2.75, 3.05) is 13.2 Å². The number of hydrogen-bond donors (Lipinski definition) is 6. The molecule has 55 heavy (non-hydrogen) atoms. The first kappa shape index (κ1) is 49.7. The van der Waals surface area contributed by atoms with Crippen LogP contribution in [-0.2, 0) is 76.7 Å². The van der Waals surface area contributed by atoms with Crippen molar-refractivity contribution >= 4 is 47.8 Å². The number of nitrogens with one attached hydrogen (secondary N) is 1. The van der Waals surface area contributed by atoms with Crippen LogP contribution in [0.15, 0.2) is 0 Å². The van der Waals surface area contributed by atoms with Crippen LogP contribution >= 0.6 is 0 Å². The number of aliphatic hydroxyl groups excluding tert-OH is 1. The number of esters is 5. The minimum absolute atomic E-state index is 0.578. The third-order valence-corrected chi connectivity index (χ3v) is 5.30. The minimum Gasteiger partial charge on any atom is -0.426 e. The molecule has 2 unspecified atom stereocenters. The highest BCUT2D eigenvalue weighted by atomic mass is 19.4. The van der Waals surface area contributed by atoms with Crippen LogP contribution in [0.2, 0.25) is 0 Å². The maximum Gasteiger partial charge on any atom is 0.495 e. The maximum atomic E-state index is 13.0. The van der Waals surface area contributed by atoms with Gasteiger partial charge < -0.3 is 38.7 Å². The summed E-state index contributed by atoms with van der Waals surface area (Å²) in [4.78, 5) is 105. The summed E-state index contributed by atoms with van der Waals surface area (Å²) in [6.07, 6.45) is -24.2. The van der Waals surface area contributed by atoms with Gasteiger partial charge >= 0.3 is 84.2 Å². The van der Waals surface area contributed by atoms with Gasteiger partial charge in [0.15, 0.2) is 0 Å². The molecule has 0 aromatic rings. The Kier molecular flexibility index (Phi) is 15.4. The van der Waals surface area contributed by atoms with Crippen LogP contribution in [0, 0.1) is 5.92 Å². The van der Waals surface area contributed by atoms with E-state index in [-0.39, 0.29) is 0 Å². The lowest BCUT2D eigenvalue weighted by molar-refractivity contribution is -0.397. The van der Waals surface area contributed by atoms with Gasteiger partial charge in [0.05, 0.1) is 0 Å². The highest BCUT2D eigenvalue weighted by Crippen LogP contribution is 2.33. The third-order valence-electron chi connectivity index (χ3n) is 5.30. The molecule has 0 radical (unpaired) electrons. The van der Waals surface area contributed by atoms with E-state index >= 15 is 0 Å². The monoisotopic (exact) mass is 844 g/mol. The number of halogens is 12. The molecule has 22 nitrogen and oxygen atoms in total. The third kappa shape index (κ3) is 12.9. The fourth-order valence-corrected chi connectivity index (χ4v) is 2.41. The van der Waals surface area contributed by atoms with Gasteiger partial charge in [0.2, 0.25) is 0 Å². The summed E-state index contributed by atoms with van der Waals surface area (Å²) >= 11 is 0. The molecule has 0 amide bonds. The molecule has 0 saturated heterocycles. The van der Waals surface area contributed by atoms with Crippen molar-refractivity contribution in [2.45, 2.75) is 61.7 Å². The number of alkyl halides is 12. The summed E-state index contributed by atoms with van der Waals surface area (Å²) in [7, 11) is 0. The second-order valence-electron chi connectivity index (χ2n) is 9.79. The Hall–Kier alpha value is -5.32. The van der Waals surface area contributed by atoms with Crippen molar-refractivity contribution in [2.24, 2.45) is 23.1 Å². The number of rotatable bonds is 14. The van der Waals surface area contributed by atoms with Crippen LogP contribution in [0.5, 0.6) is 0 Å². The van der Waals surface area contributed by atoms with Gasteiger partial charge in [0.25, 0.3) is 11.4 Å². The van der Waals surface area contributed by atoms with Crippen LogP contribution < -0.4 is 22.7 Å². The molecule has 34 heteroatoms. The zero-order valence-corrected chi connectivity index (χ0v) is 26.2. The zero-order valence-electron chi connectivity index (χ0n) is 26.2. The average molecular weight is 844 g/mol. The molecule has 0 rings (SSSR count). The molecular formula is C21H20F12N4O18. The fourth-order valence-electron chi connectivity index (χ4n) is 2.41. The Balaban J connectivity index is 7.64. The predicted molar refractivity (Wildman–Crippen MR) is 129 cm³/mol. The van der Waals surface area contributed by atoms with Crippen LogP contribution in [0.4, 0.5) is 52.7 Å². The van der Waals surface area contributed by atoms with Crippen molar-refractivity contribution in [1.82, 2.24) is 5.48 Å². The molecular weight excluding hydrogens is 824 g/mol. The summed E-state index contributed by atoms with van der Waals surface area (Å²) in [5.74, 6) is -33.6. The van der Waals surface area contributed by atoms with Gasteiger partial charge in [-0.15, -0.1) is 5.48 Å². The van der Waals surface area contributed by atoms with Crippen molar-refractivity contribution in [3.63, 3.8) is 0 Å². The Morgan fingerprint density at radius 2 is 0.982 bits per heavy atom. The predicted octanol–water partition coefficient (Wildman–Crippen LogP) is -2.74. The van der Waals surface area contributed by atoms with Crippen molar-refractivity contribution in [3.05, 3.63) is 0 Å². The number of carbonyl (C=O) groups excluding carboxylic acids is 8.